The Morgan fingerprint density at radius 2 is 2.00 bits per heavy atom. The van der Waals surface area contributed by atoms with Crippen molar-refractivity contribution in [3.8, 4) is 5.69 Å². The molecule has 0 bridgehead atoms. The van der Waals surface area contributed by atoms with Crippen LogP contribution in [0.3, 0.4) is 0 Å². The lowest BCUT2D eigenvalue weighted by Crippen LogP contribution is -2.40. The summed E-state index contributed by atoms with van der Waals surface area (Å²) in [4.78, 5) is 17.2. The predicted octanol–water partition coefficient (Wildman–Crippen LogP) is 3.21. The summed E-state index contributed by atoms with van der Waals surface area (Å²) >= 11 is 0. The Balaban J connectivity index is 1.31. The van der Waals surface area contributed by atoms with E-state index in [0.29, 0.717) is 19.0 Å². The van der Waals surface area contributed by atoms with Crippen molar-refractivity contribution in [1.82, 2.24) is 24.9 Å². The lowest BCUT2D eigenvalue weighted by atomic mass is 10.2. The average molecular weight is 434 g/mol. The van der Waals surface area contributed by atoms with E-state index >= 15 is 0 Å². The fraction of sp³-hybridized carbons (Fsp3) is 0.417. The Labute approximate surface area is 189 Å². The van der Waals surface area contributed by atoms with Gasteiger partial charge in [-0.1, -0.05) is 18.2 Å². The summed E-state index contributed by atoms with van der Waals surface area (Å²) in [5.41, 5.74) is 3.53. The number of benzene rings is 1. The highest BCUT2D eigenvalue weighted by Gasteiger charge is 2.27. The molecule has 3 aromatic rings. The van der Waals surface area contributed by atoms with E-state index in [0.717, 1.165) is 54.5 Å². The second-order valence-electron chi connectivity index (χ2n) is 8.42. The fourth-order valence-electron chi connectivity index (χ4n) is 4.36. The molecule has 0 spiro atoms. The van der Waals surface area contributed by atoms with E-state index in [-0.39, 0.29) is 5.91 Å². The monoisotopic (exact) mass is 433 g/mol. The van der Waals surface area contributed by atoms with E-state index in [9.17, 15) is 4.79 Å². The molecule has 1 saturated heterocycles. The smallest absolute Gasteiger partial charge is 0.225 e. The quantitative estimate of drug-likeness (QED) is 0.588. The first kappa shape index (κ1) is 22.0. The van der Waals surface area contributed by atoms with Crippen LogP contribution < -0.4 is 10.2 Å². The first-order valence-electron chi connectivity index (χ1n) is 11.2. The highest BCUT2D eigenvalue weighted by Crippen LogP contribution is 2.24. The molecule has 0 radical (unpaired) electrons. The minimum absolute atomic E-state index is 0.00728. The first-order chi connectivity index (χ1) is 15.5. The molecule has 0 saturated carbocycles. The first-order valence-corrected chi connectivity index (χ1v) is 11.2. The standard InChI is InChI=1S/C24H31N7O/c1-18-24(19(2)31(28-18)20-9-5-4-6-10-20)26-23(32)13-16-29(3)17-21-11-8-15-30(21)22-12-7-14-25-27-22/h4-7,9-10,12,14,21H,8,11,13,15-17H2,1-3H3,(H,26,32). The maximum Gasteiger partial charge on any atom is 0.225 e. The number of nitrogens with zero attached hydrogens (tertiary/aromatic N) is 6. The van der Waals surface area contributed by atoms with Gasteiger partial charge in [0.25, 0.3) is 0 Å². The molecule has 168 valence electrons. The van der Waals surface area contributed by atoms with E-state index < -0.39 is 0 Å². The molecule has 1 atom stereocenters. The van der Waals surface area contributed by atoms with Crippen molar-refractivity contribution in [2.75, 3.05) is 36.9 Å². The van der Waals surface area contributed by atoms with E-state index in [1.165, 1.54) is 0 Å². The predicted molar refractivity (Wildman–Crippen MR) is 126 cm³/mol. The summed E-state index contributed by atoms with van der Waals surface area (Å²) in [7, 11) is 2.07. The van der Waals surface area contributed by atoms with Gasteiger partial charge in [0, 0.05) is 38.3 Å². The van der Waals surface area contributed by atoms with Gasteiger partial charge in [0.15, 0.2) is 5.82 Å². The van der Waals surface area contributed by atoms with Crippen molar-refractivity contribution in [3.05, 3.63) is 60.0 Å². The van der Waals surface area contributed by atoms with Crippen molar-refractivity contribution in [1.29, 1.82) is 0 Å². The van der Waals surface area contributed by atoms with Gasteiger partial charge < -0.3 is 15.1 Å². The third-order valence-corrected chi connectivity index (χ3v) is 6.03. The van der Waals surface area contributed by atoms with Gasteiger partial charge >= 0.3 is 0 Å². The van der Waals surface area contributed by atoms with Crippen molar-refractivity contribution in [2.45, 2.75) is 39.2 Å². The molecule has 1 aliphatic rings. The third-order valence-electron chi connectivity index (χ3n) is 6.03. The van der Waals surface area contributed by atoms with Crippen LogP contribution in [0.15, 0.2) is 48.7 Å². The van der Waals surface area contributed by atoms with Crippen LogP contribution in [0.25, 0.3) is 5.69 Å². The van der Waals surface area contributed by atoms with Crippen molar-refractivity contribution in [2.24, 2.45) is 0 Å². The minimum Gasteiger partial charge on any atom is -0.351 e. The topological polar surface area (TPSA) is 79.2 Å². The highest BCUT2D eigenvalue weighted by molar-refractivity contribution is 5.92. The molecule has 1 fully saturated rings. The molecule has 1 aliphatic heterocycles. The third kappa shape index (κ3) is 4.96. The molecule has 1 amide bonds. The highest BCUT2D eigenvalue weighted by atomic mass is 16.1. The zero-order valence-electron chi connectivity index (χ0n) is 19.0. The zero-order chi connectivity index (χ0) is 22.5. The molecule has 1 N–H and O–H groups in total. The summed E-state index contributed by atoms with van der Waals surface area (Å²) in [6, 6.07) is 14.3. The number of rotatable bonds is 8. The van der Waals surface area contributed by atoms with Crippen molar-refractivity contribution < 1.29 is 4.79 Å². The normalized spacial score (nSPS) is 16.0. The Bertz CT molecular complexity index is 1040. The van der Waals surface area contributed by atoms with Gasteiger partial charge in [0.2, 0.25) is 5.91 Å². The van der Waals surface area contributed by atoms with E-state index in [2.05, 4.69) is 37.5 Å². The van der Waals surface area contributed by atoms with Crippen LogP contribution in [-0.4, -0.2) is 63.5 Å². The number of likely N-dealkylation sites (N-methyl/N-ethyl adjacent to an activating group) is 1. The number of hydrogen-bond acceptors (Lipinski definition) is 6. The van der Waals surface area contributed by atoms with Gasteiger partial charge in [-0.25, -0.2) is 4.68 Å². The summed E-state index contributed by atoms with van der Waals surface area (Å²) in [5, 5.41) is 16.0. The molecule has 8 heteroatoms. The van der Waals surface area contributed by atoms with Crippen LogP contribution in [0.2, 0.25) is 0 Å². The largest absolute Gasteiger partial charge is 0.351 e. The Morgan fingerprint density at radius 3 is 2.75 bits per heavy atom. The van der Waals surface area contributed by atoms with Crippen molar-refractivity contribution in [3.63, 3.8) is 0 Å². The van der Waals surface area contributed by atoms with Gasteiger partial charge in [0.05, 0.1) is 22.8 Å². The fourth-order valence-corrected chi connectivity index (χ4v) is 4.36. The zero-order valence-corrected chi connectivity index (χ0v) is 19.0. The van der Waals surface area contributed by atoms with Crippen LogP contribution in [0.5, 0.6) is 0 Å². The van der Waals surface area contributed by atoms with Gasteiger partial charge in [-0.2, -0.15) is 10.2 Å². The molecule has 8 nitrogen and oxygen atoms in total. The Morgan fingerprint density at radius 1 is 1.19 bits per heavy atom. The van der Waals surface area contributed by atoms with Crippen LogP contribution in [0, 0.1) is 13.8 Å². The number of aryl methyl sites for hydroxylation is 1. The maximum absolute atomic E-state index is 12.7. The number of para-hydroxylation sites is 1. The number of carbonyl (C=O) groups is 1. The van der Waals surface area contributed by atoms with E-state index in [1.807, 2.05) is 61.0 Å². The van der Waals surface area contributed by atoms with Gasteiger partial charge in [0.1, 0.15) is 0 Å². The number of nitrogens with one attached hydrogen (secondary N) is 1. The molecule has 3 heterocycles. The number of carbonyl (C=O) groups excluding carboxylic acids is 1. The second-order valence-corrected chi connectivity index (χ2v) is 8.42. The van der Waals surface area contributed by atoms with E-state index in [1.54, 1.807) is 6.20 Å². The van der Waals surface area contributed by atoms with E-state index in [4.69, 9.17) is 0 Å². The van der Waals surface area contributed by atoms with Gasteiger partial charge in [-0.15, -0.1) is 5.10 Å². The summed E-state index contributed by atoms with van der Waals surface area (Å²) in [6.45, 7) is 6.50. The summed E-state index contributed by atoms with van der Waals surface area (Å²) in [6.07, 6.45) is 4.42. The van der Waals surface area contributed by atoms with Crippen LogP contribution in [0.4, 0.5) is 11.5 Å². The SMILES string of the molecule is Cc1nn(-c2ccccc2)c(C)c1NC(=O)CCN(C)CC1CCCN1c1cccnn1. The lowest BCUT2D eigenvalue weighted by molar-refractivity contribution is -0.116. The van der Waals surface area contributed by atoms with Crippen LogP contribution >= 0.6 is 0 Å². The average Bonchev–Trinajstić information content (AvgIpc) is 3.38. The molecule has 1 unspecified atom stereocenters. The Hall–Kier alpha value is -3.26. The number of anilines is 2. The molecule has 0 aliphatic carbocycles. The lowest BCUT2D eigenvalue weighted by Gasteiger charge is -2.29. The molecular weight excluding hydrogens is 402 g/mol. The van der Waals surface area contributed by atoms with Crippen molar-refractivity contribution >= 4 is 17.4 Å². The second kappa shape index (κ2) is 9.91. The molecule has 32 heavy (non-hydrogen) atoms. The molecule has 4 rings (SSSR count). The molecular formula is C24H31N7O. The number of hydrogen-bond donors (Lipinski definition) is 1. The number of amides is 1. The molecule has 1 aromatic carbocycles. The maximum atomic E-state index is 12.7. The summed E-state index contributed by atoms with van der Waals surface area (Å²) in [5.74, 6) is 0.940. The summed E-state index contributed by atoms with van der Waals surface area (Å²) < 4.78 is 1.87. The van der Waals surface area contributed by atoms with Crippen LogP contribution in [-0.2, 0) is 4.79 Å². The number of aromatic nitrogens is 4. The molecule has 2 aromatic heterocycles. The van der Waals surface area contributed by atoms with Gasteiger partial charge in [-0.3, -0.25) is 4.79 Å². The minimum atomic E-state index is 0.00728. The Kier molecular flexibility index (Phi) is 6.80. The van der Waals surface area contributed by atoms with Crippen LogP contribution in [0.1, 0.15) is 30.7 Å². The van der Waals surface area contributed by atoms with Gasteiger partial charge in [-0.05, 0) is 58.0 Å².